The number of hydrogen-bond acceptors (Lipinski definition) is 8. The summed E-state index contributed by atoms with van der Waals surface area (Å²) >= 11 is 1.07. The number of nitro groups is 1. The fourth-order valence-corrected chi connectivity index (χ4v) is 3.77. The summed E-state index contributed by atoms with van der Waals surface area (Å²) in [5.74, 6) is -1.39. The molecule has 1 N–H and O–H groups in total. The maximum absolute atomic E-state index is 12.4. The number of hydrogen-bond donors (Lipinski definition) is 1. The Morgan fingerprint density at radius 1 is 1.03 bits per heavy atom. The lowest BCUT2D eigenvalue weighted by atomic mass is 10.1. The number of nitrogens with one attached hydrogen (secondary N) is 1. The van der Waals surface area contributed by atoms with E-state index in [-0.39, 0.29) is 41.2 Å². The number of amides is 3. The average Bonchev–Trinajstić information content (AvgIpc) is 3.29. The Labute approximate surface area is 173 Å². The molecule has 1 aliphatic rings. The van der Waals surface area contributed by atoms with E-state index >= 15 is 0 Å². The molecule has 11 heteroatoms. The van der Waals surface area contributed by atoms with Gasteiger partial charge in [-0.05, 0) is 18.2 Å². The van der Waals surface area contributed by atoms with Gasteiger partial charge in [0.05, 0.1) is 16.1 Å². The molecule has 0 bridgehead atoms. The van der Waals surface area contributed by atoms with Crippen LogP contribution in [0.5, 0.6) is 0 Å². The van der Waals surface area contributed by atoms with Crippen LogP contribution in [0.2, 0.25) is 0 Å². The highest BCUT2D eigenvalue weighted by molar-refractivity contribution is 7.15. The molecule has 3 amide bonds. The minimum atomic E-state index is -0.676. The molecule has 0 atom stereocenters. The van der Waals surface area contributed by atoms with Crippen molar-refractivity contribution >= 4 is 39.9 Å². The Balaban J connectivity index is 1.41. The Bertz CT molecular complexity index is 1160. The second kappa shape index (κ2) is 7.79. The first kappa shape index (κ1) is 19.3. The van der Waals surface area contributed by atoms with E-state index in [4.69, 9.17) is 0 Å². The van der Waals surface area contributed by atoms with Crippen molar-refractivity contribution in [2.75, 3.05) is 11.9 Å². The molecule has 0 saturated carbocycles. The zero-order valence-corrected chi connectivity index (χ0v) is 16.1. The van der Waals surface area contributed by atoms with E-state index < -0.39 is 10.8 Å². The molecule has 0 aliphatic carbocycles. The number of aromatic nitrogens is 2. The van der Waals surface area contributed by atoms with Crippen LogP contribution in [0.15, 0.2) is 48.5 Å². The van der Waals surface area contributed by atoms with E-state index in [2.05, 4.69) is 15.5 Å². The summed E-state index contributed by atoms with van der Waals surface area (Å²) in [5, 5.41) is 22.0. The van der Waals surface area contributed by atoms with Crippen molar-refractivity contribution in [2.24, 2.45) is 0 Å². The third kappa shape index (κ3) is 3.53. The molecule has 30 heavy (non-hydrogen) atoms. The second-order valence-corrected chi connectivity index (χ2v) is 7.35. The summed E-state index contributed by atoms with van der Waals surface area (Å²) in [5.41, 5.74) is 0.338. The first-order valence-electron chi connectivity index (χ1n) is 8.78. The molecule has 1 aliphatic heterocycles. The smallest absolute Gasteiger partial charge is 0.282 e. The van der Waals surface area contributed by atoms with Crippen LogP contribution in [0.25, 0.3) is 0 Å². The van der Waals surface area contributed by atoms with Crippen molar-refractivity contribution in [3.8, 4) is 0 Å². The van der Waals surface area contributed by atoms with Crippen LogP contribution in [0.3, 0.4) is 0 Å². The van der Waals surface area contributed by atoms with Gasteiger partial charge in [0.15, 0.2) is 0 Å². The minimum Gasteiger partial charge on any atom is -0.296 e. The molecule has 0 radical (unpaired) electrons. The number of nitro benzene ring substituents is 1. The van der Waals surface area contributed by atoms with Crippen molar-refractivity contribution in [1.29, 1.82) is 0 Å². The van der Waals surface area contributed by atoms with Crippen LogP contribution in [0.4, 0.5) is 10.8 Å². The number of anilines is 1. The zero-order chi connectivity index (χ0) is 21.3. The van der Waals surface area contributed by atoms with Gasteiger partial charge in [0.25, 0.3) is 23.4 Å². The maximum Gasteiger partial charge on any atom is 0.282 e. The first-order valence-corrected chi connectivity index (χ1v) is 9.59. The summed E-state index contributed by atoms with van der Waals surface area (Å²) in [7, 11) is 0. The SMILES string of the molecule is O=C(Nc1nnc(CCN2C(=O)c3ccccc3C2=O)s1)c1ccccc1[N+](=O)[O-]. The van der Waals surface area contributed by atoms with Crippen LogP contribution in [0, 0.1) is 10.1 Å². The van der Waals surface area contributed by atoms with Gasteiger partial charge >= 0.3 is 0 Å². The van der Waals surface area contributed by atoms with Gasteiger partial charge in [-0.15, -0.1) is 10.2 Å². The quantitative estimate of drug-likeness (QED) is 0.365. The fourth-order valence-electron chi connectivity index (χ4n) is 3.04. The molecule has 0 fully saturated rings. The van der Waals surface area contributed by atoms with E-state index in [1.54, 1.807) is 24.3 Å². The highest BCUT2D eigenvalue weighted by Crippen LogP contribution is 2.24. The summed E-state index contributed by atoms with van der Waals surface area (Å²) in [6, 6.07) is 12.2. The maximum atomic E-state index is 12.4. The predicted molar refractivity (Wildman–Crippen MR) is 106 cm³/mol. The summed E-state index contributed by atoms with van der Waals surface area (Å²) in [4.78, 5) is 48.7. The molecule has 0 saturated heterocycles. The summed E-state index contributed by atoms with van der Waals surface area (Å²) in [6.45, 7) is 0.124. The van der Waals surface area contributed by atoms with Crippen LogP contribution in [-0.4, -0.2) is 44.3 Å². The zero-order valence-electron chi connectivity index (χ0n) is 15.3. The minimum absolute atomic E-state index is 0.0923. The van der Waals surface area contributed by atoms with Gasteiger partial charge in [-0.25, -0.2) is 0 Å². The normalized spacial score (nSPS) is 12.7. The van der Waals surface area contributed by atoms with Crippen molar-refractivity contribution in [3.05, 3.63) is 80.3 Å². The highest BCUT2D eigenvalue weighted by Gasteiger charge is 2.34. The van der Waals surface area contributed by atoms with Crippen molar-refractivity contribution < 1.29 is 19.3 Å². The summed E-state index contributed by atoms with van der Waals surface area (Å²) < 4.78 is 0. The van der Waals surface area contributed by atoms with Crippen LogP contribution >= 0.6 is 11.3 Å². The number of carbonyl (C=O) groups is 3. The predicted octanol–water partition coefficient (Wildman–Crippen LogP) is 2.54. The van der Waals surface area contributed by atoms with Crippen molar-refractivity contribution in [3.63, 3.8) is 0 Å². The van der Waals surface area contributed by atoms with E-state index in [9.17, 15) is 24.5 Å². The molecular weight excluding hydrogens is 410 g/mol. The van der Waals surface area contributed by atoms with Gasteiger partial charge in [-0.2, -0.15) is 0 Å². The van der Waals surface area contributed by atoms with Gasteiger partial charge in [0.1, 0.15) is 10.6 Å². The lowest BCUT2D eigenvalue weighted by molar-refractivity contribution is -0.385. The number of benzene rings is 2. The molecule has 0 spiro atoms. The van der Waals surface area contributed by atoms with E-state index in [1.165, 1.54) is 24.3 Å². The molecule has 0 unspecified atom stereocenters. The lowest BCUT2D eigenvalue weighted by Crippen LogP contribution is -2.31. The number of carbonyl (C=O) groups excluding carboxylic acids is 3. The number of nitrogens with zero attached hydrogens (tertiary/aromatic N) is 4. The monoisotopic (exact) mass is 423 g/mol. The largest absolute Gasteiger partial charge is 0.296 e. The van der Waals surface area contributed by atoms with Crippen molar-refractivity contribution in [1.82, 2.24) is 15.1 Å². The molecule has 10 nitrogen and oxygen atoms in total. The molecule has 4 rings (SSSR count). The number of fused-ring (bicyclic) bond motifs is 1. The van der Waals surface area contributed by atoms with Crippen LogP contribution in [-0.2, 0) is 6.42 Å². The molecule has 3 aromatic rings. The molecule has 1 aromatic heterocycles. The second-order valence-electron chi connectivity index (χ2n) is 6.29. The van der Waals surface area contributed by atoms with Gasteiger partial charge in [0.2, 0.25) is 5.13 Å². The number of rotatable bonds is 6. The van der Waals surface area contributed by atoms with Crippen LogP contribution < -0.4 is 5.32 Å². The van der Waals surface area contributed by atoms with Gasteiger partial charge in [0, 0.05) is 19.0 Å². The van der Waals surface area contributed by atoms with Gasteiger partial charge < -0.3 is 0 Å². The molecule has 2 heterocycles. The third-order valence-electron chi connectivity index (χ3n) is 4.46. The van der Waals surface area contributed by atoms with Gasteiger partial charge in [-0.1, -0.05) is 35.6 Å². The van der Waals surface area contributed by atoms with Crippen molar-refractivity contribution in [2.45, 2.75) is 6.42 Å². The number of para-hydroxylation sites is 1. The van der Waals surface area contributed by atoms with E-state index in [1.807, 2.05) is 0 Å². The third-order valence-corrected chi connectivity index (χ3v) is 5.36. The van der Waals surface area contributed by atoms with Gasteiger partial charge in [-0.3, -0.25) is 34.7 Å². The molecular formula is C19H13N5O5S. The Hall–Kier alpha value is -3.99. The van der Waals surface area contributed by atoms with Crippen LogP contribution in [0.1, 0.15) is 36.1 Å². The Morgan fingerprint density at radius 2 is 1.67 bits per heavy atom. The Morgan fingerprint density at radius 3 is 2.33 bits per heavy atom. The standard InChI is InChI=1S/C19H13N5O5S/c25-16(13-7-3-4-8-14(13)24(28)29)20-19-22-21-15(30-19)9-10-23-17(26)11-5-1-2-6-12(11)18(23)27/h1-8H,9-10H2,(H,20,22,25). The van der Waals surface area contributed by atoms with E-state index in [0.29, 0.717) is 16.1 Å². The first-order chi connectivity index (χ1) is 14.5. The number of imide groups is 1. The Kier molecular flexibility index (Phi) is 5.02. The fraction of sp³-hybridized carbons (Fsp3) is 0.105. The topological polar surface area (TPSA) is 135 Å². The highest BCUT2D eigenvalue weighted by atomic mass is 32.1. The molecule has 150 valence electrons. The summed E-state index contributed by atoms with van der Waals surface area (Å²) in [6.07, 6.45) is 0.268. The lowest BCUT2D eigenvalue weighted by Gasteiger charge is -2.12. The van der Waals surface area contributed by atoms with E-state index in [0.717, 1.165) is 16.2 Å². The average molecular weight is 423 g/mol. The molecule has 2 aromatic carbocycles.